The molecule has 0 saturated heterocycles. The Morgan fingerprint density at radius 3 is 2.68 bits per heavy atom. The second-order valence-corrected chi connectivity index (χ2v) is 4.94. The highest BCUT2D eigenvalue weighted by molar-refractivity contribution is 6.03. The Labute approximate surface area is 126 Å². The number of hydrogen-bond acceptors (Lipinski definition) is 5. The van der Waals surface area contributed by atoms with Crippen LogP contribution in [0.25, 0.3) is 5.69 Å². The van der Waals surface area contributed by atoms with Crippen LogP contribution in [0.1, 0.15) is 22.0 Å². The SMILES string of the molecule is Cc1cc(C(=O)Nc2cccc(-n3nnnc3C)c2)n(C)n1. The summed E-state index contributed by atoms with van der Waals surface area (Å²) in [5, 5.41) is 18.4. The van der Waals surface area contributed by atoms with Crippen molar-refractivity contribution in [3.05, 3.63) is 47.5 Å². The zero-order valence-corrected chi connectivity index (χ0v) is 12.5. The first-order valence-corrected chi connectivity index (χ1v) is 6.72. The van der Waals surface area contributed by atoms with Crippen LogP contribution in [0.4, 0.5) is 5.69 Å². The summed E-state index contributed by atoms with van der Waals surface area (Å²) in [6.07, 6.45) is 0. The van der Waals surface area contributed by atoms with E-state index < -0.39 is 0 Å². The first kappa shape index (κ1) is 13.9. The molecule has 0 saturated carbocycles. The van der Waals surface area contributed by atoms with E-state index in [4.69, 9.17) is 0 Å². The van der Waals surface area contributed by atoms with Crippen molar-refractivity contribution >= 4 is 11.6 Å². The molecule has 0 aliphatic heterocycles. The van der Waals surface area contributed by atoms with Gasteiger partial charge in [-0.15, -0.1) is 5.10 Å². The van der Waals surface area contributed by atoms with E-state index in [1.54, 1.807) is 22.5 Å². The fraction of sp³-hybridized carbons (Fsp3) is 0.214. The van der Waals surface area contributed by atoms with Crippen molar-refractivity contribution in [2.45, 2.75) is 13.8 Å². The summed E-state index contributed by atoms with van der Waals surface area (Å²) in [6, 6.07) is 9.06. The topological polar surface area (TPSA) is 90.5 Å². The van der Waals surface area contributed by atoms with Crippen molar-refractivity contribution in [2.24, 2.45) is 7.05 Å². The molecule has 1 aromatic carbocycles. The van der Waals surface area contributed by atoms with E-state index in [-0.39, 0.29) is 5.91 Å². The quantitative estimate of drug-likeness (QED) is 0.786. The molecule has 3 aromatic rings. The second-order valence-electron chi connectivity index (χ2n) is 4.94. The Kier molecular flexibility index (Phi) is 3.42. The molecule has 1 N–H and O–H groups in total. The fourth-order valence-corrected chi connectivity index (χ4v) is 2.20. The van der Waals surface area contributed by atoms with Gasteiger partial charge in [-0.05, 0) is 48.5 Å². The van der Waals surface area contributed by atoms with Crippen LogP contribution in [0.5, 0.6) is 0 Å². The molecule has 8 heteroatoms. The van der Waals surface area contributed by atoms with Gasteiger partial charge in [0.1, 0.15) is 5.69 Å². The van der Waals surface area contributed by atoms with E-state index in [1.165, 1.54) is 0 Å². The number of benzene rings is 1. The van der Waals surface area contributed by atoms with Gasteiger partial charge in [0.05, 0.1) is 11.4 Å². The Balaban J connectivity index is 1.86. The molecule has 0 fully saturated rings. The smallest absolute Gasteiger partial charge is 0.273 e. The molecule has 22 heavy (non-hydrogen) atoms. The minimum Gasteiger partial charge on any atom is -0.321 e. The number of hydrogen-bond donors (Lipinski definition) is 1. The minimum absolute atomic E-state index is 0.214. The third-order valence-corrected chi connectivity index (χ3v) is 3.21. The molecule has 2 aromatic heterocycles. The normalized spacial score (nSPS) is 10.7. The predicted molar refractivity (Wildman–Crippen MR) is 79.8 cm³/mol. The van der Waals surface area contributed by atoms with Crippen LogP contribution in [0.15, 0.2) is 30.3 Å². The van der Waals surface area contributed by atoms with Gasteiger partial charge in [-0.3, -0.25) is 9.48 Å². The maximum Gasteiger partial charge on any atom is 0.273 e. The monoisotopic (exact) mass is 297 g/mol. The molecule has 0 aliphatic rings. The molecule has 0 radical (unpaired) electrons. The molecular formula is C14H15N7O. The van der Waals surface area contributed by atoms with Gasteiger partial charge in [0.15, 0.2) is 5.82 Å². The summed E-state index contributed by atoms with van der Waals surface area (Å²) >= 11 is 0. The van der Waals surface area contributed by atoms with E-state index in [0.29, 0.717) is 17.2 Å². The van der Waals surface area contributed by atoms with E-state index in [1.807, 2.05) is 38.1 Å². The average Bonchev–Trinajstić information content (AvgIpc) is 3.04. The van der Waals surface area contributed by atoms with Gasteiger partial charge >= 0.3 is 0 Å². The van der Waals surface area contributed by atoms with Crippen molar-refractivity contribution in [2.75, 3.05) is 5.32 Å². The maximum absolute atomic E-state index is 12.3. The molecule has 2 heterocycles. The van der Waals surface area contributed by atoms with Gasteiger partial charge in [-0.2, -0.15) is 9.78 Å². The van der Waals surface area contributed by atoms with Crippen LogP contribution in [0.2, 0.25) is 0 Å². The number of amides is 1. The lowest BCUT2D eigenvalue weighted by molar-refractivity contribution is 0.101. The first-order valence-electron chi connectivity index (χ1n) is 6.72. The van der Waals surface area contributed by atoms with Crippen molar-refractivity contribution in [1.29, 1.82) is 0 Å². The lowest BCUT2D eigenvalue weighted by Gasteiger charge is -2.07. The van der Waals surface area contributed by atoms with Gasteiger partial charge in [0, 0.05) is 12.7 Å². The molecular weight excluding hydrogens is 282 g/mol. The Bertz CT molecular complexity index is 833. The molecule has 0 spiro atoms. The number of nitrogens with one attached hydrogen (secondary N) is 1. The first-order chi connectivity index (χ1) is 10.5. The summed E-state index contributed by atoms with van der Waals surface area (Å²) in [6.45, 7) is 3.65. The summed E-state index contributed by atoms with van der Waals surface area (Å²) in [5.74, 6) is 0.458. The van der Waals surface area contributed by atoms with E-state index in [0.717, 1.165) is 11.4 Å². The molecule has 1 amide bonds. The highest BCUT2D eigenvalue weighted by atomic mass is 16.2. The van der Waals surface area contributed by atoms with Crippen molar-refractivity contribution in [3.8, 4) is 5.69 Å². The Morgan fingerprint density at radius 2 is 2.05 bits per heavy atom. The second kappa shape index (κ2) is 5.40. The molecule has 0 bridgehead atoms. The number of aryl methyl sites for hydroxylation is 3. The number of carbonyl (C=O) groups is 1. The highest BCUT2D eigenvalue weighted by Gasteiger charge is 2.12. The van der Waals surface area contributed by atoms with Gasteiger partial charge in [-0.1, -0.05) is 6.07 Å². The lowest BCUT2D eigenvalue weighted by Crippen LogP contribution is -2.16. The van der Waals surface area contributed by atoms with Crippen LogP contribution in [-0.2, 0) is 7.05 Å². The summed E-state index contributed by atoms with van der Waals surface area (Å²) in [4.78, 5) is 12.3. The van der Waals surface area contributed by atoms with Crippen LogP contribution < -0.4 is 5.32 Å². The minimum atomic E-state index is -0.214. The Morgan fingerprint density at radius 1 is 1.23 bits per heavy atom. The van der Waals surface area contributed by atoms with Crippen LogP contribution in [-0.4, -0.2) is 35.9 Å². The van der Waals surface area contributed by atoms with Crippen LogP contribution in [0.3, 0.4) is 0 Å². The molecule has 0 unspecified atom stereocenters. The lowest BCUT2D eigenvalue weighted by atomic mass is 10.2. The molecule has 3 rings (SSSR count). The van der Waals surface area contributed by atoms with Crippen molar-refractivity contribution < 1.29 is 4.79 Å². The number of aromatic nitrogens is 6. The maximum atomic E-state index is 12.3. The fourth-order valence-electron chi connectivity index (χ4n) is 2.20. The van der Waals surface area contributed by atoms with Gasteiger partial charge in [0.25, 0.3) is 5.91 Å². The molecule has 8 nitrogen and oxygen atoms in total. The predicted octanol–water partition coefficient (Wildman–Crippen LogP) is 1.26. The number of rotatable bonds is 3. The number of anilines is 1. The van der Waals surface area contributed by atoms with Crippen LogP contribution in [0, 0.1) is 13.8 Å². The van der Waals surface area contributed by atoms with E-state index >= 15 is 0 Å². The van der Waals surface area contributed by atoms with Crippen molar-refractivity contribution in [3.63, 3.8) is 0 Å². The van der Waals surface area contributed by atoms with Gasteiger partial charge in [-0.25, -0.2) is 0 Å². The summed E-state index contributed by atoms with van der Waals surface area (Å²) in [7, 11) is 1.74. The van der Waals surface area contributed by atoms with Gasteiger partial charge in [0.2, 0.25) is 0 Å². The third-order valence-electron chi connectivity index (χ3n) is 3.21. The Hall–Kier alpha value is -3.03. The van der Waals surface area contributed by atoms with Gasteiger partial charge < -0.3 is 5.32 Å². The van der Waals surface area contributed by atoms with Crippen molar-refractivity contribution in [1.82, 2.24) is 30.0 Å². The standard InChI is InChI=1S/C14H15N7O/c1-9-7-13(20(3)17-9)14(22)15-11-5-4-6-12(8-11)21-10(2)16-18-19-21/h4-8H,1-3H3,(H,15,22). The summed E-state index contributed by atoms with van der Waals surface area (Å²) in [5.41, 5.74) is 2.74. The number of nitrogens with zero attached hydrogens (tertiary/aromatic N) is 6. The van der Waals surface area contributed by atoms with Crippen LogP contribution >= 0.6 is 0 Å². The molecule has 112 valence electrons. The van der Waals surface area contributed by atoms with E-state index in [2.05, 4.69) is 25.9 Å². The molecule has 0 aliphatic carbocycles. The average molecular weight is 297 g/mol. The molecule has 0 atom stereocenters. The number of carbonyl (C=O) groups excluding carboxylic acids is 1. The number of tetrazole rings is 1. The largest absolute Gasteiger partial charge is 0.321 e. The summed E-state index contributed by atoms with van der Waals surface area (Å²) < 4.78 is 3.16. The van der Waals surface area contributed by atoms with E-state index in [9.17, 15) is 4.79 Å². The highest BCUT2D eigenvalue weighted by Crippen LogP contribution is 2.15. The zero-order valence-electron chi connectivity index (χ0n) is 12.5. The third kappa shape index (κ3) is 2.58. The zero-order chi connectivity index (χ0) is 15.7.